The van der Waals surface area contributed by atoms with Gasteiger partial charge in [0.1, 0.15) is 0 Å². The monoisotopic (exact) mass is 316 g/mol. The number of hydrogen-bond donors (Lipinski definition) is 3. The number of hydrogen-bond acceptors (Lipinski definition) is 6. The van der Waals surface area contributed by atoms with Crippen molar-refractivity contribution in [3.63, 3.8) is 0 Å². The molecule has 122 valence electrons. The molecule has 0 bridgehead atoms. The van der Waals surface area contributed by atoms with Crippen LogP contribution in [0.5, 0.6) is 0 Å². The molecule has 0 saturated heterocycles. The maximum absolute atomic E-state index is 9.78. The fraction of sp³-hybridized carbons (Fsp3) is 0.800. The molecule has 0 spiro atoms. The number of nitrogens with zero attached hydrogens (tertiary/aromatic N) is 1. The van der Waals surface area contributed by atoms with Gasteiger partial charge in [-0.15, -0.1) is 11.3 Å². The fourth-order valence-corrected chi connectivity index (χ4v) is 2.82. The van der Waals surface area contributed by atoms with Crippen LogP contribution in [0.15, 0.2) is 5.51 Å². The van der Waals surface area contributed by atoms with Crippen molar-refractivity contribution >= 4 is 11.3 Å². The number of aromatic nitrogens is 1. The molecule has 6 heteroatoms. The van der Waals surface area contributed by atoms with E-state index < -0.39 is 6.10 Å². The van der Waals surface area contributed by atoms with Crippen molar-refractivity contribution in [2.75, 3.05) is 26.3 Å². The topological polar surface area (TPSA) is 74.6 Å². The van der Waals surface area contributed by atoms with E-state index in [1.807, 2.05) is 12.4 Å². The van der Waals surface area contributed by atoms with Gasteiger partial charge in [-0.05, 0) is 19.3 Å². The van der Waals surface area contributed by atoms with Gasteiger partial charge in [-0.2, -0.15) is 0 Å². The molecule has 0 amide bonds. The predicted molar refractivity (Wildman–Crippen MR) is 85.7 cm³/mol. The van der Waals surface area contributed by atoms with Crippen molar-refractivity contribution in [2.45, 2.75) is 45.8 Å². The van der Waals surface area contributed by atoms with Gasteiger partial charge in [-0.1, -0.05) is 13.8 Å². The summed E-state index contributed by atoms with van der Waals surface area (Å²) >= 11 is 1.64. The second-order valence-corrected chi connectivity index (χ2v) is 6.72. The lowest BCUT2D eigenvalue weighted by molar-refractivity contribution is 0.0363. The van der Waals surface area contributed by atoms with Crippen molar-refractivity contribution in [1.29, 1.82) is 0 Å². The molecule has 2 atom stereocenters. The van der Waals surface area contributed by atoms with Crippen LogP contribution in [-0.4, -0.2) is 53.7 Å². The van der Waals surface area contributed by atoms with Crippen LogP contribution in [0.2, 0.25) is 0 Å². The molecule has 0 fully saturated rings. The lowest BCUT2D eigenvalue weighted by atomic mass is 10.1. The first-order valence-electron chi connectivity index (χ1n) is 7.52. The number of ether oxygens (including phenoxy) is 1. The van der Waals surface area contributed by atoms with Gasteiger partial charge in [0.25, 0.3) is 0 Å². The van der Waals surface area contributed by atoms with Crippen LogP contribution in [0.1, 0.15) is 30.8 Å². The summed E-state index contributed by atoms with van der Waals surface area (Å²) < 4.78 is 5.47. The van der Waals surface area contributed by atoms with E-state index >= 15 is 0 Å². The molecule has 1 rings (SSSR count). The van der Waals surface area contributed by atoms with Crippen LogP contribution in [0.3, 0.4) is 0 Å². The van der Waals surface area contributed by atoms with Crippen molar-refractivity contribution in [1.82, 2.24) is 10.3 Å². The zero-order chi connectivity index (χ0) is 15.7. The lowest BCUT2D eigenvalue weighted by Crippen LogP contribution is -2.35. The number of aliphatic hydroxyl groups is 2. The van der Waals surface area contributed by atoms with E-state index in [0.29, 0.717) is 32.2 Å². The Morgan fingerprint density at radius 3 is 2.62 bits per heavy atom. The Hall–Kier alpha value is -0.530. The normalized spacial score (nSPS) is 14.6. The first-order chi connectivity index (χ1) is 9.99. The zero-order valence-electron chi connectivity index (χ0n) is 13.2. The minimum Gasteiger partial charge on any atom is -0.392 e. The van der Waals surface area contributed by atoms with E-state index in [1.54, 1.807) is 11.3 Å². The summed E-state index contributed by atoms with van der Waals surface area (Å²) in [5.74, 6) is 0.477. The fourth-order valence-electron chi connectivity index (χ4n) is 2.05. The molecule has 3 N–H and O–H groups in total. The van der Waals surface area contributed by atoms with E-state index in [0.717, 1.165) is 18.5 Å². The number of aryl methyl sites for hydroxylation is 1. The van der Waals surface area contributed by atoms with Crippen molar-refractivity contribution in [3.05, 3.63) is 16.1 Å². The third-order valence-electron chi connectivity index (χ3n) is 3.13. The molecule has 1 aromatic heterocycles. The first-order valence-corrected chi connectivity index (χ1v) is 8.40. The van der Waals surface area contributed by atoms with Crippen LogP contribution in [-0.2, 0) is 11.2 Å². The Bertz CT molecular complexity index is 385. The van der Waals surface area contributed by atoms with Gasteiger partial charge in [-0.25, -0.2) is 4.98 Å². The maximum atomic E-state index is 9.78. The summed E-state index contributed by atoms with van der Waals surface area (Å²) in [6, 6.07) is 0. The van der Waals surface area contributed by atoms with Gasteiger partial charge in [-0.3, -0.25) is 0 Å². The molecule has 0 aromatic carbocycles. The number of nitrogens with one attached hydrogen (secondary N) is 1. The second kappa shape index (κ2) is 10.2. The van der Waals surface area contributed by atoms with Gasteiger partial charge in [0.15, 0.2) is 0 Å². The van der Waals surface area contributed by atoms with Crippen molar-refractivity contribution < 1.29 is 14.9 Å². The van der Waals surface area contributed by atoms with Gasteiger partial charge >= 0.3 is 0 Å². The van der Waals surface area contributed by atoms with Crippen LogP contribution in [0, 0.1) is 12.8 Å². The SMILES string of the molecule is Cc1ncsc1CCOCC(O)CNCC(O)CC(C)C. The van der Waals surface area contributed by atoms with E-state index in [4.69, 9.17) is 4.74 Å². The Balaban J connectivity index is 2.01. The quantitative estimate of drug-likeness (QED) is 0.538. The third-order valence-corrected chi connectivity index (χ3v) is 4.13. The molecule has 0 aliphatic heterocycles. The highest BCUT2D eigenvalue weighted by Crippen LogP contribution is 2.12. The van der Waals surface area contributed by atoms with Gasteiger partial charge < -0.3 is 20.3 Å². The maximum Gasteiger partial charge on any atom is 0.0897 e. The molecule has 5 nitrogen and oxygen atoms in total. The summed E-state index contributed by atoms with van der Waals surface area (Å²) in [6.07, 6.45) is 0.712. The Morgan fingerprint density at radius 2 is 2.00 bits per heavy atom. The van der Waals surface area contributed by atoms with Gasteiger partial charge in [0.05, 0.1) is 36.6 Å². The summed E-state index contributed by atoms with van der Waals surface area (Å²) in [4.78, 5) is 5.42. The smallest absolute Gasteiger partial charge is 0.0897 e. The third kappa shape index (κ3) is 8.48. The molecular weight excluding hydrogens is 288 g/mol. The standard InChI is InChI=1S/C15H28N2O3S/c1-11(2)6-13(18)7-16-8-14(19)9-20-5-4-15-12(3)17-10-21-15/h10-11,13-14,16,18-19H,4-9H2,1-3H3. The number of thiazole rings is 1. The highest BCUT2D eigenvalue weighted by molar-refractivity contribution is 7.09. The van der Waals surface area contributed by atoms with Crippen LogP contribution in [0.25, 0.3) is 0 Å². The van der Waals surface area contributed by atoms with E-state index in [2.05, 4.69) is 24.1 Å². The molecule has 0 aliphatic rings. The first kappa shape index (κ1) is 18.5. The zero-order valence-corrected chi connectivity index (χ0v) is 14.0. The van der Waals surface area contributed by atoms with Crippen molar-refractivity contribution in [2.24, 2.45) is 5.92 Å². The molecule has 0 aliphatic carbocycles. The van der Waals surface area contributed by atoms with Crippen LogP contribution < -0.4 is 5.32 Å². The van der Waals surface area contributed by atoms with E-state index in [1.165, 1.54) is 4.88 Å². The Labute approximate surface area is 131 Å². The number of rotatable bonds is 11. The predicted octanol–water partition coefficient (Wildman–Crippen LogP) is 1.37. The van der Waals surface area contributed by atoms with Gasteiger partial charge in [0, 0.05) is 24.4 Å². The average molecular weight is 316 g/mol. The molecule has 0 saturated carbocycles. The summed E-state index contributed by atoms with van der Waals surface area (Å²) in [6.45, 7) is 8.01. The van der Waals surface area contributed by atoms with Crippen LogP contribution in [0.4, 0.5) is 0 Å². The molecule has 1 aromatic rings. The summed E-state index contributed by atoms with van der Waals surface area (Å²) in [5.41, 5.74) is 2.90. The van der Waals surface area contributed by atoms with E-state index in [9.17, 15) is 10.2 Å². The number of aliphatic hydroxyl groups excluding tert-OH is 2. The largest absolute Gasteiger partial charge is 0.392 e. The average Bonchev–Trinajstić information content (AvgIpc) is 2.79. The molecule has 0 radical (unpaired) electrons. The summed E-state index contributed by atoms with van der Waals surface area (Å²) in [7, 11) is 0. The Kier molecular flexibility index (Phi) is 9.03. The summed E-state index contributed by atoms with van der Waals surface area (Å²) in [5, 5.41) is 22.5. The molecule has 1 heterocycles. The van der Waals surface area contributed by atoms with Crippen molar-refractivity contribution in [3.8, 4) is 0 Å². The van der Waals surface area contributed by atoms with Crippen LogP contribution >= 0.6 is 11.3 Å². The lowest BCUT2D eigenvalue weighted by Gasteiger charge is -2.16. The molecule has 2 unspecified atom stereocenters. The molecular formula is C15H28N2O3S. The Morgan fingerprint density at radius 1 is 1.29 bits per heavy atom. The second-order valence-electron chi connectivity index (χ2n) is 5.78. The van der Waals surface area contributed by atoms with E-state index in [-0.39, 0.29) is 6.10 Å². The minimum absolute atomic E-state index is 0.311. The molecule has 21 heavy (non-hydrogen) atoms. The minimum atomic E-state index is -0.543. The highest BCUT2D eigenvalue weighted by Gasteiger charge is 2.09. The highest BCUT2D eigenvalue weighted by atomic mass is 32.1. The van der Waals surface area contributed by atoms with Gasteiger partial charge in [0.2, 0.25) is 0 Å².